The zero-order valence-corrected chi connectivity index (χ0v) is 12.9. The van der Waals surface area contributed by atoms with Crippen LogP contribution in [0.4, 0.5) is 0 Å². The minimum absolute atomic E-state index is 0.441. The number of para-hydroxylation sites is 1. The number of aromatic nitrogens is 1. The van der Waals surface area contributed by atoms with E-state index in [1.165, 1.54) is 4.70 Å². The predicted octanol–water partition coefficient (Wildman–Crippen LogP) is 4.76. The molecule has 0 bridgehead atoms. The van der Waals surface area contributed by atoms with Crippen molar-refractivity contribution >= 4 is 33.7 Å². The molecule has 0 amide bonds. The molecule has 0 fully saturated rings. The fourth-order valence-electron chi connectivity index (χ4n) is 2.02. The summed E-state index contributed by atoms with van der Waals surface area (Å²) in [5, 5.41) is 9.71. The van der Waals surface area contributed by atoms with Crippen molar-refractivity contribution in [3.05, 3.63) is 59.1 Å². The summed E-state index contributed by atoms with van der Waals surface area (Å²) in [6, 6.07) is 17.8. The van der Waals surface area contributed by atoms with E-state index in [4.69, 9.17) is 10.00 Å². The van der Waals surface area contributed by atoms with Crippen LogP contribution in [-0.2, 0) is 0 Å². The van der Waals surface area contributed by atoms with E-state index in [0.29, 0.717) is 5.75 Å². The van der Waals surface area contributed by atoms with Gasteiger partial charge >= 0.3 is 0 Å². The molecule has 1 heterocycles. The lowest BCUT2D eigenvalue weighted by Crippen LogP contribution is -2.07. The highest BCUT2D eigenvalue weighted by Crippen LogP contribution is 2.23. The van der Waals surface area contributed by atoms with Gasteiger partial charge in [0.1, 0.15) is 16.8 Å². The van der Waals surface area contributed by atoms with Crippen molar-refractivity contribution in [2.75, 3.05) is 0 Å². The second-order valence-electron chi connectivity index (χ2n) is 4.81. The first-order chi connectivity index (χ1) is 10.7. The highest BCUT2D eigenvalue weighted by Gasteiger charge is 2.01. The lowest BCUT2D eigenvalue weighted by Gasteiger charge is -2.07. The Hall–Kier alpha value is -2.64. The number of benzene rings is 2. The number of thiazole rings is 1. The quantitative estimate of drug-likeness (QED) is 0.698. The Bertz CT molecular complexity index is 810. The summed E-state index contributed by atoms with van der Waals surface area (Å²) in [6.07, 6.45) is 3.59. The second kappa shape index (κ2) is 6.42. The molecular formula is C18H14N2OS. The zero-order chi connectivity index (χ0) is 15.4. The number of rotatable bonds is 4. The maximum atomic E-state index is 8.73. The third kappa shape index (κ3) is 3.33. The number of hydrogen-bond donors (Lipinski definition) is 0. The van der Waals surface area contributed by atoms with Crippen molar-refractivity contribution in [3.8, 4) is 11.8 Å². The van der Waals surface area contributed by atoms with Crippen molar-refractivity contribution < 1.29 is 4.74 Å². The molecule has 1 aromatic heterocycles. The normalized spacial score (nSPS) is 12.4. The van der Waals surface area contributed by atoms with E-state index in [9.17, 15) is 0 Å². The van der Waals surface area contributed by atoms with E-state index in [-0.39, 0.29) is 0 Å². The van der Waals surface area contributed by atoms with Crippen LogP contribution in [0.3, 0.4) is 0 Å². The third-order valence-electron chi connectivity index (χ3n) is 3.10. The second-order valence-corrected chi connectivity index (χ2v) is 5.87. The average molecular weight is 306 g/mol. The summed E-state index contributed by atoms with van der Waals surface area (Å²) in [7, 11) is 0. The molecule has 0 N–H and O–H groups in total. The monoisotopic (exact) mass is 306 g/mol. The Kier molecular flexibility index (Phi) is 4.17. The Morgan fingerprint density at radius 3 is 2.64 bits per heavy atom. The van der Waals surface area contributed by atoms with Crippen LogP contribution in [0, 0.1) is 11.3 Å². The van der Waals surface area contributed by atoms with Gasteiger partial charge in [-0.2, -0.15) is 5.26 Å². The summed E-state index contributed by atoms with van der Waals surface area (Å²) in [4.78, 5) is 4.57. The molecule has 3 rings (SSSR count). The molecule has 0 aliphatic carbocycles. The molecular weight excluding hydrogens is 292 g/mol. The standard InChI is InChI=1S/C18H14N2OS/c1-13(12-19)21-15-9-6-14(7-10-15)8-11-18-20-16-4-2-3-5-17(16)22-18/h2-11,13H,1H3/b11-8+. The summed E-state index contributed by atoms with van der Waals surface area (Å²) in [5.41, 5.74) is 2.10. The van der Waals surface area contributed by atoms with Gasteiger partial charge in [0.25, 0.3) is 0 Å². The SMILES string of the molecule is CC(C#N)Oc1ccc(/C=C/c2nc3ccccc3s2)cc1. The van der Waals surface area contributed by atoms with Crippen LogP contribution in [0.15, 0.2) is 48.5 Å². The van der Waals surface area contributed by atoms with Gasteiger partial charge in [-0.3, -0.25) is 0 Å². The first-order valence-electron chi connectivity index (χ1n) is 6.94. The van der Waals surface area contributed by atoms with Crippen molar-refractivity contribution in [2.24, 2.45) is 0 Å². The van der Waals surface area contributed by atoms with E-state index in [2.05, 4.69) is 11.1 Å². The van der Waals surface area contributed by atoms with Crippen molar-refractivity contribution in [1.82, 2.24) is 4.98 Å². The van der Waals surface area contributed by atoms with Gasteiger partial charge in [0.05, 0.1) is 10.2 Å². The molecule has 2 aromatic carbocycles. The number of fused-ring (bicyclic) bond motifs is 1. The number of nitriles is 1. The highest BCUT2D eigenvalue weighted by molar-refractivity contribution is 7.19. The smallest absolute Gasteiger partial charge is 0.181 e. The van der Waals surface area contributed by atoms with Crippen LogP contribution in [0.25, 0.3) is 22.4 Å². The van der Waals surface area contributed by atoms with Crippen LogP contribution in [0.2, 0.25) is 0 Å². The Morgan fingerprint density at radius 1 is 1.14 bits per heavy atom. The van der Waals surface area contributed by atoms with E-state index < -0.39 is 6.10 Å². The van der Waals surface area contributed by atoms with Crippen molar-refractivity contribution in [2.45, 2.75) is 13.0 Å². The Balaban J connectivity index is 1.73. The average Bonchev–Trinajstić information content (AvgIpc) is 2.97. The summed E-state index contributed by atoms with van der Waals surface area (Å²) >= 11 is 1.67. The molecule has 0 spiro atoms. The van der Waals surface area contributed by atoms with Gasteiger partial charge in [-0.05, 0) is 42.8 Å². The Labute approximate surface area is 133 Å². The van der Waals surface area contributed by atoms with Crippen LogP contribution in [-0.4, -0.2) is 11.1 Å². The fourth-order valence-corrected chi connectivity index (χ4v) is 2.89. The third-order valence-corrected chi connectivity index (χ3v) is 4.11. The minimum atomic E-state index is -0.441. The number of nitrogens with zero attached hydrogens (tertiary/aromatic N) is 2. The molecule has 4 heteroatoms. The lowest BCUT2D eigenvalue weighted by molar-refractivity contribution is 0.276. The van der Waals surface area contributed by atoms with E-state index in [1.807, 2.05) is 60.7 Å². The van der Waals surface area contributed by atoms with Crippen LogP contribution in [0.5, 0.6) is 5.75 Å². The molecule has 108 valence electrons. The molecule has 3 nitrogen and oxygen atoms in total. The fraction of sp³-hybridized carbons (Fsp3) is 0.111. The van der Waals surface area contributed by atoms with Gasteiger partial charge in [-0.25, -0.2) is 4.98 Å². The van der Waals surface area contributed by atoms with Crippen molar-refractivity contribution in [3.63, 3.8) is 0 Å². The van der Waals surface area contributed by atoms with Gasteiger partial charge in [0, 0.05) is 0 Å². The Morgan fingerprint density at radius 2 is 1.91 bits per heavy atom. The molecule has 3 aromatic rings. The van der Waals surface area contributed by atoms with Gasteiger partial charge in [0.15, 0.2) is 6.10 Å². The molecule has 1 unspecified atom stereocenters. The van der Waals surface area contributed by atoms with E-state index in [1.54, 1.807) is 18.3 Å². The van der Waals surface area contributed by atoms with Crippen LogP contribution >= 0.6 is 11.3 Å². The van der Waals surface area contributed by atoms with Gasteiger partial charge in [-0.15, -0.1) is 11.3 Å². The van der Waals surface area contributed by atoms with Crippen LogP contribution in [0.1, 0.15) is 17.5 Å². The molecule has 0 saturated carbocycles. The molecule has 1 atom stereocenters. The predicted molar refractivity (Wildman–Crippen MR) is 90.7 cm³/mol. The van der Waals surface area contributed by atoms with Crippen LogP contribution < -0.4 is 4.74 Å². The van der Waals surface area contributed by atoms with E-state index >= 15 is 0 Å². The molecule has 0 radical (unpaired) electrons. The topological polar surface area (TPSA) is 45.9 Å². The summed E-state index contributed by atoms with van der Waals surface area (Å²) in [6.45, 7) is 1.72. The first-order valence-corrected chi connectivity index (χ1v) is 7.76. The number of ether oxygens (including phenoxy) is 1. The van der Waals surface area contributed by atoms with Gasteiger partial charge in [0.2, 0.25) is 0 Å². The maximum Gasteiger partial charge on any atom is 0.181 e. The molecule has 22 heavy (non-hydrogen) atoms. The van der Waals surface area contributed by atoms with Gasteiger partial charge in [-0.1, -0.05) is 30.3 Å². The molecule has 0 saturated heterocycles. The largest absolute Gasteiger partial charge is 0.476 e. The first kappa shape index (κ1) is 14.3. The number of hydrogen-bond acceptors (Lipinski definition) is 4. The molecule has 0 aliphatic rings. The van der Waals surface area contributed by atoms with E-state index in [0.717, 1.165) is 16.1 Å². The highest BCUT2D eigenvalue weighted by atomic mass is 32.1. The molecule has 0 aliphatic heterocycles. The van der Waals surface area contributed by atoms with Gasteiger partial charge < -0.3 is 4.74 Å². The zero-order valence-electron chi connectivity index (χ0n) is 12.1. The van der Waals surface area contributed by atoms with Crippen molar-refractivity contribution in [1.29, 1.82) is 5.26 Å². The maximum absolute atomic E-state index is 8.73. The summed E-state index contributed by atoms with van der Waals surface area (Å²) < 4.78 is 6.62. The summed E-state index contributed by atoms with van der Waals surface area (Å²) in [5.74, 6) is 0.700. The minimum Gasteiger partial charge on any atom is -0.476 e. The lowest BCUT2D eigenvalue weighted by atomic mass is 10.2.